The van der Waals surface area contributed by atoms with E-state index in [2.05, 4.69) is 37.1 Å². The van der Waals surface area contributed by atoms with Gasteiger partial charge in [-0.1, -0.05) is 24.0 Å². The SMILES string of the molecule is COc1ccc(S(C)(=O)=NC(=O)c2cncc(C#Cc3ccccc3Br)c2)cc1OC. The first-order valence-corrected chi connectivity index (χ1v) is 11.8. The first-order valence-electron chi connectivity index (χ1n) is 9.04. The number of hydrogen-bond donors (Lipinski definition) is 0. The zero-order valence-electron chi connectivity index (χ0n) is 17.1. The van der Waals surface area contributed by atoms with Crippen molar-refractivity contribution in [3.05, 3.63) is 82.1 Å². The highest BCUT2D eigenvalue weighted by Gasteiger charge is 2.15. The van der Waals surface area contributed by atoms with Gasteiger partial charge in [-0.2, -0.15) is 4.36 Å². The minimum absolute atomic E-state index is 0.203. The second-order valence-electron chi connectivity index (χ2n) is 6.41. The first kappa shape index (κ1) is 22.5. The van der Waals surface area contributed by atoms with E-state index in [-0.39, 0.29) is 5.56 Å². The van der Waals surface area contributed by atoms with Gasteiger partial charge in [0.2, 0.25) is 0 Å². The fourth-order valence-electron chi connectivity index (χ4n) is 2.64. The molecule has 2 aromatic carbocycles. The topological polar surface area (TPSA) is 77.9 Å². The summed E-state index contributed by atoms with van der Waals surface area (Å²) >= 11 is 3.45. The Morgan fingerprint density at radius 3 is 2.48 bits per heavy atom. The number of rotatable bonds is 4. The molecule has 0 aliphatic rings. The van der Waals surface area contributed by atoms with E-state index in [0.717, 1.165) is 10.0 Å². The number of carbonyl (C=O) groups excluding carboxylic acids is 1. The van der Waals surface area contributed by atoms with Crippen molar-refractivity contribution in [1.29, 1.82) is 0 Å². The van der Waals surface area contributed by atoms with Gasteiger partial charge in [-0.05, 0) is 46.3 Å². The molecular weight excluding hydrogens is 480 g/mol. The van der Waals surface area contributed by atoms with Crippen LogP contribution in [0, 0.1) is 11.8 Å². The van der Waals surface area contributed by atoms with Crippen LogP contribution >= 0.6 is 15.9 Å². The van der Waals surface area contributed by atoms with Gasteiger partial charge in [0.1, 0.15) is 0 Å². The molecule has 1 unspecified atom stereocenters. The second-order valence-corrected chi connectivity index (χ2v) is 9.52. The van der Waals surface area contributed by atoms with Crippen LogP contribution in [0.5, 0.6) is 11.5 Å². The third kappa shape index (κ3) is 5.51. The Kier molecular flexibility index (Phi) is 7.10. The molecule has 0 aliphatic heterocycles. The summed E-state index contributed by atoms with van der Waals surface area (Å²) in [5.41, 5.74) is 1.56. The molecule has 1 heterocycles. The molecule has 0 saturated heterocycles. The van der Waals surface area contributed by atoms with Gasteiger partial charge >= 0.3 is 0 Å². The zero-order valence-corrected chi connectivity index (χ0v) is 19.5. The first-order chi connectivity index (χ1) is 14.8. The van der Waals surface area contributed by atoms with Gasteiger partial charge in [-0.25, -0.2) is 4.21 Å². The van der Waals surface area contributed by atoms with Gasteiger partial charge in [-0.3, -0.25) is 9.78 Å². The van der Waals surface area contributed by atoms with Crippen molar-refractivity contribution < 1.29 is 18.5 Å². The van der Waals surface area contributed by atoms with Crippen LogP contribution in [0.1, 0.15) is 21.5 Å². The molecule has 1 atom stereocenters. The monoisotopic (exact) mass is 498 g/mol. The lowest BCUT2D eigenvalue weighted by Crippen LogP contribution is -2.05. The molecule has 1 aromatic heterocycles. The lowest BCUT2D eigenvalue weighted by atomic mass is 10.2. The van der Waals surface area contributed by atoms with Crippen molar-refractivity contribution in [2.75, 3.05) is 20.5 Å². The zero-order chi connectivity index (χ0) is 22.4. The molecular formula is C23H19BrN2O4S. The van der Waals surface area contributed by atoms with Crippen LogP contribution in [0.2, 0.25) is 0 Å². The van der Waals surface area contributed by atoms with E-state index in [0.29, 0.717) is 22.0 Å². The second kappa shape index (κ2) is 9.77. The third-order valence-corrected chi connectivity index (χ3v) is 6.58. The van der Waals surface area contributed by atoms with E-state index in [4.69, 9.17) is 9.47 Å². The van der Waals surface area contributed by atoms with Gasteiger partial charge in [0.15, 0.2) is 11.5 Å². The number of pyridine rings is 1. The summed E-state index contributed by atoms with van der Waals surface area (Å²) in [7, 11) is -0.0313. The third-order valence-electron chi connectivity index (χ3n) is 4.25. The highest BCUT2D eigenvalue weighted by atomic mass is 79.9. The van der Waals surface area contributed by atoms with Crippen molar-refractivity contribution in [1.82, 2.24) is 4.98 Å². The standard InChI is InChI=1S/C23H19BrN2O4S/c1-29-21-11-10-19(13-22(21)30-2)31(3,28)26-23(27)18-12-16(14-25-15-18)8-9-17-6-4-5-7-20(17)24/h4-7,10-15H,1-3H3. The number of methoxy groups -OCH3 is 2. The smallest absolute Gasteiger partial charge is 0.286 e. The Morgan fingerprint density at radius 1 is 1.03 bits per heavy atom. The van der Waals surface area contributed by atoms with Crippen LogP contribution in [0.15, 0.2) is 74.7 Å². The molecule has 31 heavy (non-hydrogen) atoms. The van der Waals surface area contributed by atoms with E-state index < -0.39 is 15.6 Å². The maximum atomic E-state index is 13.1. The fraction of sp³-hybridized carbons (Fsp3) is 0.130. The molecule has 158 valence electrons. The Hall–Kier alpha value is -3.15. The van der Waals surface area contributed by atoms with Crippen molar-refractivity contribution in [3.8, 4) is 23.3 Å². The van der Waals surface area contributed by atoms with Crippen molar-refractivity contribution in [3.63, 3.8) is 0 Å². The summed E-state index contributed by atoms with van der Waals surface area (Å²) in [5, 5.41) is 0. The number of benzene rings is 2. The van der Waals surface area contributed by atoms with Crippen molar-refractivity contribution in [2.45, 2.75) is 4.90 Å². The summed E-state index contributed by atoms with van der Waals surface area (Å²) in [4.78, 5) is 17.1. The van der Waals surface area contributed by atoms with Crippen LogP contribution in [-0.2, 0) is 9.73 Å². The van der Waals surface area contributed by atoms with Gasteiger partial charge in [0, 0.05) is 40.3 Å². The van der Waals surface area contributed by atoms with E-state index in [1.54, 1.807) is 30.5 Å². The van der Waals surface area contributed by atoms with Gasteiger partial charge in [0.05, 0.1) is 34.4 Å². The van der Waals surface area contributed by atoms with Crippen molar-refractivity contribution in [2.24, 2.45) is 4.36 Å². The molecule has 0 bridgehead atoms. The number of ether oxygens (including phenoxy) is 2. The minimum Gasteiger partial charge on any atom is -0.493 e. The molecule has 3 aromatic rings. The average Bonchev–Trinajstić information content (AvgIpc) is 2.78. The number of aromatic nitrogens is 1. The largest absolute Gasteiger partial charge is 0.493 e. The molecule has 1 amide bonds. The average molecular weight is 499 g/mol. The van der Waals surface area contributed by atoms with Gasteiger partial charge in [0.25, 0.3) is 5.91 Å². The molecule has 3 rings (SSSR count). The molecule has 0 saturated carbocycles. The highest BCUT2D eigenvalue weighted by molar-refractivity contribution is 9.10. The summed E-state index contributed by atoms with van der Waals surface area (Å²) < 4.78 is 28.4. The number of carbonyl (C=O) groups is 1. The maximum absolute atomic E-state index is 13.1. The molecule has 6 nitrogen and oxygen atoms in total. The van der Waals surface area contributed by atoms with E-state index in [9.17, 15) is 9.00 Å². The normalized spacial score (nSPS) is 12.1. The number of halogens is 1. The molecule has 0 fully saturated rings. The minimum atomic E-state index is -3.02. The Labute approximate surface area is 189 Å². The fourth-order valence-corrected chi connectivity index (χ4v) is 4.20. The summed E-state index contributed by atoms with van der Waals surface area (Å²) in [6.45, 7) is 0. The van der Waals surface area contributed by atoms with Crippen LogP contribution in [0.4, 0.5) is 0 Å². The van der Waals surface area contributed by atoms with Gasteiger partial charge in [-0.15, -0.1) is 0 Å². The van der Waals surface area contributed by atoms with Crippen molar-refractivity contribution >= 4 is 31.6 Å². The summed E-state index contributed by atoms with van der Waals surface area (Å²) in [6, 6.07) is 13.9. The Balaban J connectivity index is 1.91. The summed E-state index contributed by atoms with van der Waals surface area (Å²) in [5.74, 6) is 6.27. The number of amides is 1. The Bertz CT molecular complexity index is 1320. The van der Waals surface area contributed by atoms with E-state index in [1.165, 1.54) is 26.7 Å². The molecule has 0 radical (unpaired) electrons. The quantitative estimate of drug-likeness (QED) is 0.492. The lowest BCUT2D eigenvalue weighted by Gasteiger charge is -2.10. The molecule has 0 spiro atoms. The van der Waals surface area contributed by atoms with Gasteiger partial charge < -0.3 is 9.47 Å². The molecule has 0 N–H and O–H groups in total. The molecule has 0 aliphatic carbocycles. The van der Waals surface area contributed by atoms with Crippen LogP contribution in [0.25, 0.3) is 0 Å². The molecule has 8 heteroatoms. The highest BCUT2D eigenvalue weighted by Crippen LogP contribution is 2.30. The number of nitrogens with zero attached hydrogens (tertiary/aromatic N) is 2. The van der Waals surface area contributed by atoms with Crippen LogP contribution in [0.3, 0.4) is 0 Å². The van der Waals surface area contributed by atoms with Crippen LogP contribution < -0.4 is 9.47 Å². The lowest BCUT2D eigenvalue weighted by molar-refractivity contribution is 0.100. The van der Waals surface area contributed by atoms with E-state index in [1.807, 2.05) is 24.3 Å². The predicted molar refractivity (Wildman–Crippen MR) is 123 cm³/mol. The van der Waals surface area contributed by atoms with E-state index >= 15 is 0 Å². The predicted octanol–water partition coefficient (Wildman–Crippen LogP) is 4.56. The maximum Gasteiger partial charge on any atom is 0.286 e. The Morgan fingerprint density at radius 2 is 1.77 bits per heavy atom. The van der Waals surface area contributed by atoms with Crippen LogP contribution in [-0.4, -0.2) is 35.6 Å². The summed E-state index contributed by atoms with van der Waals surface area (Å²) in [6.07, 6.45) is 4.33. The number of hydrogen-bond acceptors (Lipinski definition) is 5.